The number of aryl methyl sites for hydroxylation is 1. The maximum absolute atomic E-state index is 12.6. The molecule has 6 heteroatoms. The Hall–Kier alpha value is -2.21. The van der Waals surface area contributed by atoms with Crippen molar-refractivity contribution >= 4 is 23.2 Å². The van der Waals surface area contributed by atoms with E-state index in [-0.39, 0.29) is 12.3 Å². The van der Waals surface area contributed by atoms with E-state index in [1.54, 1.807) is 11.1 Å². The molecule has 0 spiro atoms. The van der Waals surface area contributed by atoms with Gasteiger partial charge >= 0.3 is 5.97 Å². The summed E-state index contributed by atoms with van der Waals surface area (Å²) in [5.41, 5.74) is 1.02. The van der Waals surface area contributed by atoms with Gasteiger partial charge in [-0.15, -0.1) is 11.3 Å². The number of aromatic nitrogens is 1. The summed E-state index contributed by atoms with van der Waals surface area (Å²) in [6.07, 6.45) is 2.07. The highest BCUT2D eigenvalue weighted by atomic mass is 32.1. The van der Waals surface area contributed by atoms with Crippen molar-refractivity contribution < 1.29 is 14.7 Å². The Morgan fingerprint density at radius 1 is 1.27 bits per heavy atom. The number of rotatable bonds is 7. The number of hydrogen-bond acceptors (Lipinski definition) is 4. The fourth-order valence-corrected chi connectivity index (χ4v) is 2.84. The number of carboxylic acids is 1. The van der Waals surface area contributed by atoms with Crippen LogP contribution in [0.15, 0.2) is 36.5 Å². The fraction of sp³-hybridized carbons (Fsp3) is 0.312. The van der Waals surface area contributed by atoms with Crippen LogP contribution in [-0.2, 0) is 11.3 Å². The summed E-state index contributed by atoms with van der Waals surface area (Å²) < 4.78 is 0. The molecule has 116 valence electrons. The van der Waals surface area contributed by atoms with Gasteiger partial charge in [-0.1, -0.05) is 30.3 Å². The van der Waals surface area contributed by atoms with Crippen LogP contribution in [0, 0.1) is 6.92 Å². The second-order valence-corrected chi connectivity index (χ2v) is 6.19. The number of amides is 1. The number of hydrogen-bond donors (Lipinski definition) is 1. The zero-order valence-electron chi connectivity index (χ0n) is 12.4. The number of carbonyl (C=O) groups excluding carboxylic acids is 1. The lowest BCUT2D eigenvalue weighted by Gasteiger charge is -2.22. The average Bonchev–Trinajstić information content (AvgIpc) is 2.93. The quantitative estimate of drug-likeness (QED) is 0.852. The molecule has 0 fully saturated rings. The Kier molecular flexibility index (Phi) is 5.66. The van der Waals surface area contributed by atoms with Gasteiger partial charge in [0.2, 0.25) is 0 Å². The van der Waals surface area contributed by atoms with Crippen molar-refractivity contribution in [2.75, 3.05) is 6.54 Å². The monoisotopic (exact) mass is 318 g/mol. The lowest BCUT2D eigenvalue weighted by molar-refractivity contribution is -0.137. The average molecular weight is 318 g/mol. The molecule has 0 aliphatic heterocycles. The lowest BCUT2D eigenvalue weighted by Crippen LogP contribution is -2.31. The highest BCUT2D eigenvalue weighted by molar-refractivity contribution is 7.13. The third-order valence-corrected chi connectivity index (χ3v) is 4.05. The van der Waals surface area contributed by atoms with E-state index in [9.17, 15) is 9.59 Å². The summed E-state index contributed by atoms with van der Waals surface area (Å²) in [5.74, 6) is -0.944. The van der Waals surface area contributed by atoms with Crippen LogP contribution < -0.4 is 0 Å². The van der Waals surface area contributed by atoms with Gasteiger partial charge in [-0.3, -0.25) is 9.59 Å². The Labute approximate surface area is 133 Å². The van der Waals surface area contributed by atoms with E-state index >= 15 is 0 Å². The topological polar surface area (TPSA) is 70.5 Å². The lowest BCUT2D eigenvalue weighted by atomic mass is 10.2. The minimum atomic E-state index is -0.847. The van der Waals surface area contributed by atoms with Crippen LogP contribution in [-0.4, -0.2) is 33.4 Å². The first-order chi connectivity index (χ1) is 10.6. The molecule has 0 atom stereocenters. The van der Waals surface area contributed by atoms with E-state index in [2.05, 4.69) is 4.98 Å². The zero-order valence-corrected chi connectivity index (χ0v) is 13.2. The SMILES string of the molecule is Cc1ncc(C(=O)N(CCCC(=O)O)Cc2ccccc2)s1. The van der Waals surface area contributed by atoms with Crippen molar-refractivity contribution in [3.63, 3.8) is 0 Å². The molecule has 1 aromatic carbocycles. The van der Waals surface area contributed by atoms with Crippen molar-refractivity contribution in [2.24, 2.45) is 0 Å². The van der Waals surface area contributed by atoms with Crippen LogP contribution in [0.2, 0.25) is 0 Å². The molecule has 0 aliphatic carbocycles. The van der Waals surface area contributed by atoms with Crippen molar-refractivity contribution in [2.45, 2.75) is 26.3 Å². The molecule has 0 saturated carbocycles. The normalized spacial score (nSPS) is 10.4. The highest BCUT2D eigenvalue weighted by Gasteiger charge is 2.18. The predicted octanol–water partition coefficient (Wildman–Crippen LogP) is 2.96. The standard InChI is InChI=1S/C16H18N2O3S/c1-12-17-10-14(22-12)16(21)18(9-5-8-15(19)20)11-13-6-3-2-4-7-13/h2-4,6-7,10H,5,8-9,11H2,1H3,(H,19,20). The molecule has 0 bridgehead atoms. The molecule has 1 aromatic heterocycles. The van der Waals surface area contributed by atoms with E-state index in [1.165, 1.54) is 11.3 Å². The number of carbonyl (C=O) groups is 2. The summed E-state index contributed by atoms with van der Waals surface area (Å²) in [6.45, 7) is 2.74. The van der Waals surface area contributed by atoms with Gasteiger partial charge in [-0.25, -0.2) is 4.98 Å². The molecular weight excluding hydrogens is 300 g/mol. The van der Waals surface area contributed by atoms with Gasteiger partial charge in [-0.05, 0) is 18.9 Å². The van der Waals surface area contributed by atoms with Crippen molar-refractivity contribution in [3.8, 4) is 0 Å². The fourth-order valence-electron chi connectivity index (χ4n) is 2.09. The molecule has 0 saturated heterocycles. The molecule has 1 N–H and O–H groups in total. The van der Waals surface area contributed by atoms with Crippen LogP contribution in [0.3, 0.4) is 0 Å². The van der Waals surface area contributed by atoms with Crippen LogP contribution in [0.1, 0.15) is 33.1 Å². The van der Waals surface area contributed by atoms with Crippen molar-refractivity contribution in [1.82, 2.24) is 9.88 Å². The molecule has 2 rings (SSSR count). The largest absolute Gasteiger partial charge is 0.481 e. The summed E-state index contributed by atoms with van der Waals surface area (Å²) >= 11 is 1.36. The van der Waals surface area contributed by atoms with E-state index in [0.29, 0.717) is 24.4 Å². The first kappa shape index (κ1) is 16.2. The van der Waals surface area contributed by atoms with Gasteiger partial charge in [-0.2, -0.15) is 0 Å². The third kappa shape index (κ3) is 4.66. The Bertz CT molecular complexity index is 640. The van der Waals surface area contributed by atoms with Gasteiger partial charge in [0.15, 0.2) is 0 Å². The van der Waals surface area contributed by atoms with Gasteiger partial charge in [0.25, 0.3) is 5.91 Å². The number of nitrogens with zero attached hydrogens (tertiary/aromatic N) is 2. The number of thiazole rings is 1. The predicted molar refractivity (Wildman–Crippen MR) is 84.9 cm³/mol. The number of aliphatic carboxylic acids is 1. The summed E-state index contributed by atoms with van der Waals surface area (Å²) in [6, 6.07) is 9.68. The molecule has 22 heavy (non-hydrogen) atoms. The Morgan fingerprint density at radius 2 is 2.00 bits per heavy atom. The minimum absolute atomic E-state index is 0.0558. The van der Waals surface area contributed by atoms with Crippen LogP contribution >= 0.6 is 11.3 Å². The van der Waals surface area contributed by atoms with E-state index in [0.717, 1.165) is 10.6 Å². The minimum Gasteiger partial charge on any atom is -0.481 e. The van der Waals surface area contributed by atoms with E-state index < -0.39 is 5.97 Å². The molecule has 1 heterocycles. The summed E-state index contributed by atoms with van der Waals surface area (Å²) in [4.78, 5) is 29.6. The van der Waals surface area contributed by atoms with Gasteiger partial charge in [0.05, 0.1) is 11.2 Å². The Balaban J connectivity index is 2.09. The summed E-state index contributed by atoms with van der Waals surface area (Å²) in [5, 5.41) is 9.60. The molecule has 2 aromatic rings. The molecule has 0 radical (unpaired) electrons. The van der Waals surface area contributed by atoms with Gasteiger partial charge in [0.1, 0.15) is 4.88 Å². The maximum atomic E-state index is 12.6. The molecular formula is C16H18N2O3S. The van der Waals surface area contributed by atoms with Gasteiger partial charge < -0.3 is 10.0 Å². The second kappa shape index (κ2) is 7.70. The van der Waals surface area contributed by atoms with E-state index in [4.69, 9.17) is 5.11 Å². The van der Waals surface area contributed by atoms with Crippen LogP contribution in [0.25, 0.3) is 0 Å². The van der Waals surface area contributed by atoms with Crippen LogP contribution in [0.4, 0.5) is 0 Å². The van der Waals surface area contributed by atoms with Crippen LogP contribution in [0.5, 0.6) is 0 Å². The highest BCUT2D eigenvalue weighted by Crippen LogP contribution is 2.17. The number of benzene rings is 1. The first-order valence-corrected chi connectivity index (χ1v) is 7.85. The second-order valence-electron chi connectivity index (χ2n) is 4.95. The molecule has 1 amide bonds. The first-order valence-electron chi connectivity index (χ1n) is 7.03. The molecule has 0 unspecified atom stereocenters. The maximum Gasteiger partial charge on any atom is 0.303 e. The number of carboxylic acid groups (broad SMARTS) is 1. The van der Waals surface area contributed by atoms with Crippen molar-refractivity contribution in [3.05, 3.63) is 52.0 Å². The molecule has 5 nitrogen and oxygen atoms in total. The smallest absolute Gasteiger partial charge is 0.303 e. The molecule has 0 aliphatic rings. The Morgan fingerprint density at radius 3 is 2.59 bits per heavy atom. The summed E-state index contributed by atoms with van der Waals surface area (Å²) in [7, 11) is 0. The van der Waals surface area contributed by atoms with Crippen molar-refractivity contribution in [1.29, 1.82) is 0 Å². The van der Waals surface area contributed by atoms with E-state index in [1.807, 2.05) is 37.3 Å². The third-order valence-electron chi connectivity index (χ3n) is 3.15. The zero-order chi connectivity index (χ0) is 15.9. The van der Waals surface area contributed by atoms with Gasteiger partial charge in [0, 0.05) is 19.5 Å².